The van der Waals surface area contributed by atoms with Crippen molar-refractivity contribution in [1.82, 2.24) is 5.32 Å². The summed E-state index contributed by atoms with van der Waals surface area (Å²) in [5, 5.41) is 12.5. The van der Waals surface area contributed by atoms with Crippen LogP contribution in [0, 0.1) is 0 Å². The van der Waals surface area contributed by atoms with Crippen LogP contribution in [0.5, 0.6) is 0 Å². The van der Waals surface area contributed by atoms with Gasteiger partial charge in [-0.05, 0) is 38.0 Å². The van der Waals surface area contributed by atoms with Crippen molar-refractivity contribution < 1.29 is 9.90 Å². The minimum Gasteiger partial charge on any atom is -0.480 e. The van der Waals surface area contributed by atoms with Gasteiger partial charge in [0, 0.05) is 11.1 Å². The summed E-state index contributed by atoms with van der Waals surface area (Å²) in [5.41, 5.74) is 1.14. The highest BCUT2D eigenvalue weighted by Crippen LogP contribution is 2.11. The van der Waals surface area contributed by atoms with E-state index in [1.165, 1.54) is 0 Å². The van der Waals surface area contributed by atoms with Gasteiger partial charge in [0.05, 0.1) is 0 Å². The van der Waals surface area contributed by atoms with E-state index in [0.29, 0.717) is 5.02 Å². The van der Waals surface area contributed by atoms with E-state index in [9.17, 15) is 4.79 Å². The Hall–Kier alpha value is -1.06. The van der Waals surface area contributed by atoms with Crippen molar-refractivity contribution >= 4 is 17.6 Å². The number of halogens is 1. The van der Waals surface area contributed by atoms with Gasteiger partial charge >= 0.3 is 5.97 Å². The SMILES string of the molecule is CC(Cc1ccc(Cl)cc1)N[C@H](C)C(=O)O. The lowest BCUT2D eigenvalue weighted by Gasteiger charge is -2.17. The number of carbonyl (C=O) groups is 1. The average Bonchev–Trinajstić information content (AvgIpc) is 2.21. The second-order valence-corrected chi connectivity index (χ2v) is 4.39. The van der Waals surface area contributed by atoms with Crippen LogP contribution < -0.4 is 5.32 Å². The molecular formula is C12H16ClNO2. The maximum atomic E-state index is 10.7. The van der Waals surface area contributed by atoms with Crippen LogP contribution in [-0.2, 0) is 11.2 Å². The van der Waals surface area contributed by atoms with Gasteiger partial charge in [-0.2, -0.15) is 0 Å². The summed E-state index contributed by atoms with van der Waals surface area (Å²) in [6.07, 6.45) is 0.786. The fourth-order valence-electron chi connectivity index (χ4n) is 1.53. The van der Waals surface area contributed by atoms with Gasteiger partial charge in [-0.25, -0.2) is 0 Å². The molecule has 0 aliphatic carbocycles. The lowest BCUT2D eigenvalue weighted by molar-refractivity contribution is -0.139. The molecule has 1 aromatic rings. The van der Waals surface area contributed by atoms with Crippen molar-refractivity contribution in [1.29, 1.82) is 0 Å². The van der Waals surface area contributed by atoms with Crippen LogP contribution in [0.2, 0.25) is 5.02 Å². The van der Waals surface area contributed by atoms with Gasteiger partial charge in [-0.15, -0.1) is 0 Å². The quantitative estimate of drug-likeness (QED) is 0.832. The topological polar surface area (TPSA) is 49.3 Å². The summed E-state index contributed by atoms with van der Waals surface area (Å²) in [4.78, 5) is 10.7. The van der Waals surface area contributed by atoms with Gasteiger partial charge in [-0.1, -0.05) is 23.7 Å². The lowest BCUT2D eigenvalue weighted by atomic mass is 10.1. The molecule has 0 aliphatic rings. The predicted molar refractivity (Wildman–Crippen MR) is 64.9 cm³/mol. The van der Waals surface area contributed by atoms with E-state index < -0.39 is 12.0 Å². The molecule has 1 aromatic carbocycles. The molecule has 0 amide bonds. The third-order valence-electron chi connectivity index (χ3n) is 2.36. The second-order valence-electron chi connectivity index (χ2n) is 3.96. The molecule has 0 saturated carbocycles. The van der Waals surface area contributed by atoms with Crippen LogP contribution in [0.3, 0.4) is 0 Å². The molecule has 16 heavy (non-hydrogen) atoms. The molecule has 2 N–H and O–H groups in total. The summed E-state index contributed by atoms with van der Waals surface area (Å²) in [7, 11) is 0. The van der Waals surface area contributed by atoms with E-state index in [4.69, 9.17) is 16.7 Å². The Kier molecular flexibility index (Phi) is 4.77. The summed E-state index contributed by atoms with van der Waals surface area (Å²) in [5.74, 6) is -0.831. The minimum atomic E-state index is -0.831. The van der Waals surface area contributed by atoms with E-state index in [2.05, 4.69) is 5.32 Å². The van der Waals surface area contributed by atoms with Gasteiger partial charge in [0.1, 0.15) is 6.04 Å². The first-order valence-corrected chi connectivity index (χ1v) is 5.60. The summed E-state index contributed by atoms with van der Waals surface area (Å²) < 4.78 is 0. The molecule has 0 radical (unpaired) electrons. The van der Waals surface area contributed by atoms with Crippen LogP contribution in [0.1, 0.15) is 19.4 Å². The zero-order valence-corrected chi connectivity index (χ0v) is 10.2. The minimum absolute atomic E-state index is 0.118. The molecule has 4 heteroatoms. The maximum Gasteiger partial charge on any atom is 0.320 e. The van der Waals surface area contributed by atoms with Crippen LogP contribution in [-0.4, -0.2) is 23.2 Å². The van der Waals surface area contributed by atoms with Gasteiger partial charge in [0.2, 0.25) is 0 Å². The zero-order chi connectivity index (χ0) is 12.1. The largest absolute Gasteiger partial charge is 0.480 e. The van der Waals surface area contributed by atoms with Crippen molar-refractivity contribution in [2.24, 2.45) is 0 Å². The van der Waals surface area contributed by atoms with Crippen LogP contribution in [0.15, 0.2) is 24.3 Å². The average molecular weight is 242 g/mol. The Morgan fingerprint density at radius 3 is 2.44 bits per heavy atom. The standard InChI is InChI=1S/C12H16ClNO2/c1-8(14-9(2)12(15)16)7-10-3-5-11(13)6-4-10/h3-6,8-9,14H,7H2,1-2H3,(H,15,16)/t8?,9-/m1/s1. The second kappa shape index (κ2) is 5.87. The van der Waals surface area contributed by atoms with Crippen LogP contribution in [0.4, 0.5) is 0 Å². The van der Waals surface area contributed by atoms with Crippen molar-refractivity contribution in [3.8, 4) is 0 Å². The van der Waals surface area contributed by atoms with Gasteiger partial charge in [0.25, 0.3) is 0 Å². The first kappa shape index (κ1) is 13.0. The lowest BCUT2D eigenvalue weighted by Crippen LogP contribution is -2.40. The molecular weight excluding hydrogens is 226 g/mol. The maximum absolute atomic E-state index is 10.7. The van der Waals surface area contributed by atoms with E-state index in [-0.39, 0.29) is 6.04 Å². The highest BCUT2D eigenvalue weighted by atomic mass is 35.5. The molecule has 1 unspecified atom stereocenters. The number of rotatable bonds is 5. The van der Waals surface area contributed by atoms with Crippen molar-refractivity contribution in [2.45, 2.75) is 32.4 Å². The van der Waals surface area contributed by atoms with E-state index in [1.54, 1.807) is 6.92 Å². The van der Waals surface area contributed by atoms with Crippen LogP contribution >= 0.6 is 11.6 Å². The highest BCUT2D eigenvalue weighted by molar-refractivity contribution is 6.30. The van der Waals surface area contributed by atoms with Gasteiger partial charge in [0.15, 0.2) is 0 Å². The molecule has 3 nitrogen and oxygen atoms in total. The molecule has 0 aliphatic heterocycles. The third-order valence-corrected chi connectivity index (χ3v) is 2.61. The van der Waals surface area contributed by atoms with Crippen molar-refractivity contribution in [3.05, 3.63) is 34.9 Å². The summed E-state index contributed by atoms with van der Waals surface area (Å²) in [6, 6.07) is 7.17. The molecule has 0 saturated heterocycles. The van der Waals surface area contributed by atoms with Gasteiger partial charge < -0.3 is 10.4 Å². The number of benzene rings is 1. The molecule has 88 valence electrons. The Morgan fingerprint density at radius 2 is 1.94 bits per heavy atom. The summed E-state index contributed by atoms with van der Waals surface area (Å²) in [6.45, 7) is 3.61. The van der Waals surface area contributed by atoms with Crippen molar-refractivity contribution in [2.75, 3.05) is 0 Å². The molecule has 0 aromatic heterocycles. The first-order valence-electron chi connectivity index (χ1n) is 5.22. The fourth-order valence-corrected chi connectivity index (χ4v) is 1.66. The number of carboxylic acids is 1. The number of carboxylic acid groups (broad SMARTS) is 1. The Morgan fingerprint density at radius 1 is 1.38 bits per heavy atom. The number of hydrogen-bond donors (Lipinski definition) is 2. The van der Waals surface area contributed by atoms with E-state index in [0.717, 1.165) is 12.0 Å². The predicted octanol–water partition coefficient (Wildman–Crippen LogP) is 2.33. The molecule has 1 rings (SSSR count). The third kappa shape index (κ3) is 4.21. The Bertz CT molecular complexity index is 351. The Balaban J connectivity index is 2.48. The fraction of sp³-hybridized carbons (Fsp3) is 0.417. The summed E-state index contributed by atoms with van der Waals surface area (Å²) >= 11 is 5.78. The molecule has 2 atom stereocenters. The normalized spacial score (nSPS) is 14.4. The number of hydrogen-bond acceptors (Lipinski definition) is 2. The van der Waals surface area contributed by atoms with Gasteiger partial charge in [-0.3, -0.25) is 4.79 Å². The smallest absolute Gasteiger partial charge is 0.320 e. The molecule has 0 heterocycles. The Labute approximate surface area is 100 Å². The van der Waals surface area contributed by atoms with E-state index in [1.807, 2.05) is 31.2 Å². The van der Waals surface area contributed by atoms with Crippen molar-refractivity contribution in [3.63, 3.8) is 0 Å². The van der Waals surface area contributed by atoms with Crippen LogP contribution in [0.25, 0.3) is 0 Å². The van der Waals surface area contributed by atoms with E-state index >= 15 is 0 Å². The number of aliphatic carboxylic acids is 1. The monoisotopic (exact) mass is 241 g/mol. The molecule has 0 bridgehead atoms. The molecule has 0 fully saturated rings. The highest BCUT2D eigenvalue weighted by Gasteiger charge is 2.13. The molecule has 0 spiro atoms. The first-order chi connectivity index (χ1) is 7.49. The zero-order valence-electron chi connectivity index (χ0n) is 9.40. The number of nitrogens with one attached hydrogen (secondary N) is 1.